The molecule has 142 valence electrons. The standard InChI is InChI=1S/C24H24N2O2/c1-3-19-9-4-5-10-22(19)26-24(28)21-13-11-20(12-14-21)23(27)25-16-18-8-6-7-17(2)15-18/h4-15H,3,16H2,1-2H3,(H,25,27)(H,26,28). The number of para-hydroxylation sites is 1. The van der Waals surface area contributed by atoms with Gasteiger partial charge >= 0.3 is 0 Å². The summed E-state index contributed by atoms with van der Waals surface area (Å²) in [4.78, 5) is 24.8. The zero-order chi connectivity index (χ0) is 19.9. The third kappa shape index (κ3) is 4.86. The molecule has 0 radical (unpaired) electrons. The highest BCUT2D eigenvalue weighted by molar-refractivity contribution is 6.05. The maximum absolute atomic E-state index is 12.5. The molecule has 0 aliphatic rings. The molecule has 3 aromatic carbocycles. The summed E-state index contributed by atoms with van der Waals surface area (Å²) in [6.07, 6.45) is 0.844. The smallest absolute Gasteiger partial charge is 0.255 e. The molecule has 4 heteroatoms. The minimum Gasteiger partial charge on any atom is -0.348 e. The van der Waals surface area contributed by atoms with Gasteiger partial charge in [0.05, 0.1) is 0 Å². The fraction of sp³-hybridized carbons (Fsp3) is 0.167. The second kappa shape index (κ2) is 9.00. The molecule has 0 saturated carbocycles. The molecule has 2 N–H and O–H groups in total. The molecule has 2 amide bonds. The first kappa shape index (κ1) is 19.4. The minimum absolute atomic E-state index is 0.162. The third-order valence-corrected chi connectivity index (χ3v) is 4.59. The van der Waals surface area contributed by atoms with Gasteiger partial charge in [-0.25, -0.2) is 0 Å². The molecule has 3 rings (SSSR count). The van der Waals surface area contributed by atoms with Crippen molar-refractivity contribution in [2.45, 2.75) is 26.8 Å². The number of rotatable bonds is 6. The number of aryl methyl sites for hydroxylation is 2. The Hall–Kier alpha value is -3.40. The molecular weight excluding hydrogens is 348 g/mol. The Morgan fingerprint density at radius 1 is 0.821 bits per heavy atom. The molecule has 0 bridgehead atoms. The molecule has 0 atom stereocenters. The van der Waals surface area contributed by atoms with Gasteiger partial charge in [-0.15, -0.1) is 0 Å². The topological polar surface area (TPSA) is 58.2 Å². The first-order valence-corrected chi connectivity index (χ1v) is 9.40. The van der Waals surface area contributed by atoms with Crippen molar-refractivity contribution in [1.82, 2.24) is 5.32 Å². The lowest BCUT2D eigenvalue weighted by Gasteiger charge is -2.10. The van der Waals surface area contributed by atoms with Crippen LogP contribution in [0.5, 0.6) is 0 Å². The predicted molar refractivity (Wildman–Crippen MR) is 113 cm³/mol. The Kier molecular flexibility index (Phi) is 6.22. The van der Waals surface area contributed by atoms with E-state index in [4.69, 9.17) is 0 Å². The van der Waals surface area contributed by atoms with Crippen molar-refractivity contribution in [3.8, 4) is 0 Å². The lowest BCUT2D eigenvalue weighted by atomic mass is 10.1. The molecule has 0 fully saturated rings. The molecule has 3 aromatic rings. The van der Waals surface area contributed by atoms with Gasteiger partial charge in [0.25, 0.3) is 11.8 Å². The third-order valence-electron chi connectivity index (χ3n) is 4.59. The van der Waals surface area contributed by atoms with Crippen molar-refractivity contribution in [2.24, 2.45) is 0 Å². The van der Waals surface area contributed by atoms with E-state index in [0.29, 0.717) is 17.7 Å². The summed E-state index contributed by atoms with van der Waals surface area (Å²) in [5.74, 6) is -0.350. The molecule has 0 aromatic heterocycles. The van der Waals surface area contributed by atoms with Crippen LogP contribution in [0.1, 0.15) is 44.3 Å². The number of nitrogens with one attached hydrogen (secondary N) is 2. The normalized spacial score (nSPS) is 10.4. The molecule has 0 unspecified atom stereocenters. The van der Waals surface area contributed by atoms with Crippen LogP contribution in [0.3, 0.4) is 0 Å². The molecule has 4 nitrogen and oxygen atoms in total. The summed E-state index contributed by atoms with van der Waals surface area (Å²) in [5.41, 5.74) is 5.16. The average molecular weight is 372 g/mol. The number of benzene rings is 3. The van der Waals surface area contributed by atoms with Crippen LogP contribution >= 0.6 is 0 Å². The first-order valence-electron chi connectivity index (χ1n) is 9.40. The van der Waals surface area contributed by atoms with Gasteiger partial charge in [-0.2, -0.15) is 0 Å². The number of carbonyl (C=O) groups is 2. The maximum atomic E-state index is 12.5. The van der Waals surface area contributed by atoms with Crippen LogP contribution in [0, 0.1) is 6.92 Å². The van der Waals surface area contributed by atoms with Crippen LogP contribution in [0.4, 0.5) is 5.69 Å². The van der Waals surface area contributed by atoms with Crippen molar-refractivity contribution in [1.29, 1.82) is 0 Å². The molecule has 0 spiro atoms. The summed E-state index contributed by atoms with van der Waals surface area (Å²) in [5, 5.41) is 5.85. The van der Waals surface area contributed by atoms with E-state index in [1.807, 2.05) is 55.5 Å². The van der Waals surface area contributed by atoms with E-state index in [2.05, 4.69) is 17.6 Å². The fourth-order valence-corrected chi connectivity index (χ4v) is 3.02. The largest absolute Gasteiger partial charge is 0.348 e. The van der Waals surface area contributed by atoms with Crippen LogP contribution in [-0.4, -0.2) is 11.8 Å². The van der Waals surface area contributed by atoms with Crippen molar-refractivity contribution in [3.63, 3.8) is 0 Å². The highest BCUT2D eigenvalue weighted by atomic mass is 16.2. The van der Waals surface area contributed by atoms with E-state index in [1.54, 1.807) is 24.3 Å². The van der Waals surface area contributed by atoms with Crippen molar-refractivity contribution < 1.29 is 9.59 Å². The lowest BCUT2D eigenvalue weighted by molar-refractivity contribution is 0.0949. The van der Waals surface area contributed by atoms with Crippen LogP contribution in [0.15, 0.2) is 72.8 Å². The predicted octanol–water partition coefficient (Wildman–Crippen LogP) is 4.74. The summed E-state index contributed by atoms with van der Waals surface area (Å²) < 4.78 is 0. The number of hydrogen-bond acceptors (Lipinski definition) is 2. The number of carbonyl (C=O) groups excluding carboxylic acids is 2. The number of anilines is 1. The zero-order valence-electron chi connectivity index (χ0n) is 16.2. The summed E-state index contributed by atoms with van der Waals surface area (Å²) in [7, 11) is 0. The van der Waals surface area contributed by atoms with Gasteiger partial charge in [0.2, 0.25) is 0 Å². The van der Waals surface area contributed by atoms with E-state index in [-0.39, 0.29) is 11.8 Å². The fourth-order valence-electron chi connectivity index (χ4n) is 3.02. The molecule has 0 aliphatic heterocycles. The molecule has 0 saturated heterocycles. The van der Waals surface area contributed by atoms with E-state index in [0.717, 1.165) is 28.8 Å². The number of hydrogen-bond donors (Lipinski definition) is 2. The summed E-state index contributed by atoms with van der Waals surface area (Å²) >= 11 is 0. The highest BCUT2D eigenvalue weighted by Crippen LogP contribution is 2.17. The van der Waals surface area contributed by atoms with Crippen LogP contribution in [-0.2, 0) is 13.0 Å². The summed E-state index contributed by atoms with van der Waals surface area (Å²) in [6.45, 7) is 4.54. The first-order chi connectivity index (χ1) is 13.6. The molecule has 0 heterocycles. The Morgan fingerprint density at radius 3 is 2.18 bits per heavy atom. The van der Waals surface area contributed by atoms with E-state index in [9.17, 15) is 9.59 Å². The van der Waals surface area contributed by atoms with Gasteiger partial charge in [0.1, 0.15) is 0 Å². The quantitative estimate of drug-likeness (QED) is 0.657. The molecule has 28 heavy (non-hydrogen) atoms. The highest BCUT2D eigenvalue weighted by Gasteiger charge is 2.10. The SMILES string of the molecule is CCc1ccccc1NC(=O)c1ccc(C(=O)NCc2cccc(C)c2)cc1. The summed E-state index contributed by atoms with van der Waals surface area (Å²) in [6, 6.07) is 22.5. The van der Waals surface area contributed by atoms with Gasteiger partial charge in [-0.05, 0) is 54.8 Å². The van der Waals surface area contributed by atoms with Gasteiger partial charge < -0.3 is 10.6 Å². The monoisotopic (exact) mass is 372 g/mol. The van der Waals surface area contributed by atoms with E-state index in [1.165, 1.54) is 0 Å². The van der Waals surface area contributed by atoms with Crippen molar-refractivity contribution >= 4 is 17.5 Å². The van der Waals surface area contributed by atoms with Crippen molar-refractivity contribution in [2.75, 3.05) is 5.32 Å². The lowest BCUT2D eigenvalue weighted by Crippen LogP contribution is -2.23. The second-order valence-corrected chi connectivity index (χ2v) is 6.71. The Morgan fingerprint density at radius 2 is 1.50 bits per heavy atom. The molecule has 0 aliphatic carbocycles. The molecular formula is C24H24N2O2. The minimum atomic E-state index is -0.187. The van der Waals surface area contributed by atoms with Gasteiger partial charge in [-0.1, -0.05) is 55.0 Å². The number of amides is 2. The van der Waals surface area contributed by atoms with Gasteiger partial charge in [-0.3, -0.25) is 9.59 Å². The maximum Gasteiger partial charge on any atom is 0.255 e. The van der Waals surface area contributed by atoms with Crippen molar-refractivity contribution in [3.05, 3.63) is 101 Å². The van der Waals surface area contributed by atoms with Crippen LogP contribution in [0.2, 0.25) is 0 Å². The Bertz CT molecular complexity index is 978. The van der Waals surface area contributed by atoms with E-state index >= 15 is 0 Å². The Balaban J connectivity index is 1.62. The van der Waals surface area contributed by atoms with Crippen LogP contribution < -0.4 is 10.6 Å². The van der Waals surface area contributed by atoms with Gasteiger partial charge in [0, 0.05) is 23.4 Å². The second-order valence-electron chi connectivity index (χ2n) is 6.71. The van der Waals surface area contributed by atoms with Crippen LogP contribution in [0.25, 0.3) is 0 Å². The zero-order valence-corrected chi connectivity index (χ0v) is 16.2. The average Bonchev–Trinajstić information content (AvgIpc) is 2.72. The Labute approximate surface area is 165 Å². The van der Waals surface area contributed by atoms with E-state index < -0.39 is 0 Å². The van der Waals surface area contributed by atoms with Gasteiger partial charge in [0.15, 0.2) is 0 Å².